The monoisotopic (exact) mass is 435 g/mol. The van der Waals surface area contributed by atoms with E-state index in [-0.39, 0.29) is 12.2 Å². The molecule has 1 saturated carbocycles. The lowest BCUT2D eigenvalue weighted by molar-refractivity contribution is -0.122. The zero-order valence-electron chi connectivity index (χ0n) is 14.1. The Bertz CT molecular complexity index is 941. The van der Waals surface area contributed by atoms with Gasteiger partial charge in [-0.1, -0.05) is 43.0 Å². The van der Waals surface area contributed by atoms with Gasteiger partial charge in [0.15, 0.2) is 5.16 Å². The Labute approximate surface area is 163 Å². The Morgan fingerprint density at radius 2 is 1.96 bits per heavy atom. The molecule has 8 heteroatoms. The molecule has 0 atom stereocenters. The van der Waals surface area contributed by atoms with Crippen molar-refractivity contribution in [3.63, 3.8) is 0 Å². The van der Waals surface area contributed by atoms with Gasteiger partial charge in [0, 0.05) is 5.39 Å². The molecular weight excluding hydrogens is 418 g/mol. The second kappa shape index (κ2) is 8.09. The van der Waals surface area contributed by atoms with Gasteiger partial charge in [0.25, 0.3) is 6.47 Å². The molecule has 1 heterocycles. The van der Waals surface area contributed by atoms with E-state index < -0.39 is 0 Å². The highest BCUT2D eigenvalue weighted by molar-refractivity contribution is 9.10. The average molecular weight is 436 g/mol. The third-order valence-corrected chi connectivity index (χ3v) is 5.46. The minimum Gasteiger partial charge on any atom is -0.506 e. The largest absolute Gasteiger partial charge is 0.506 e. The molecule has 0 radical (unpaired) electrons. The van der Waals surface area contributed by atoms with Gasteiger partial charge in [-0.3, -0.25) is 9.36 Å². The molecule has 3 aromatic rings. The van der Waals surface area contributed by atoms with E-state index in [0.717, 1.165) is 22.0 Å². The molecule has 0 amide bonds. The number of hydrogen-bond donors (Lipinski definition) is 2. The number of carboxylic acid groups (broad SMARTS) is 1. The number of hydrogen-bond acceptors (Lipinski definition) is 5. The van der Waals surface area contributed by atoms with Crippen molar-refractivity contribution in [3.05, 3.63) is 40.6 Å². The number of phenols is 1. The maximum atomic E-state index is 10.7. The first-order chi connectivity index (χ1) is 12.6. The van der Waals surface area contributed by atoms with Crippen molar-refractivity contribution in [1.82, 2.24) is 14.8 Å². The number of halogens is 1. The van der Waals surface area contributed by atoms with Gasteiger partial charge in [0.2, 0.25) is 4.73 Å². The fourth-order valence-corrected chi connectivity index (χ4v) is 4.21. The molecule has 0 saturated heterocycles. The summed E-state index contributed by atoms with van der Waals surface area (Å²) in [6.07, 6.45) is 2.41. The molecule has 1 aliphatic rings. The SMILES string of the molecule is CCSc1nnc(Br)n1-c1c(O)cc(C2CC2)c2ccccc12.O=CO. The lowest BCUT2D eigenvalue weighted by Crippen LogP contribution is -2.00. The van der Waals surface area contributed by atoms with Gasteiger partial charge >= 0.3 is 0 Å². The zero-order chi connectivity index (χ0) is 18.7. The normalized spacial score (nSPS) is 13.3. The Balaban J connectivity index is 0.000000613. The van der Waals surface area contributed by atoms with Crippen molar-refractivity contribution in [2.75, 3.05) is 5.75 Å². The summed E-state index contributed by atoms with van der Waals surface area (Å²) in [5, 5.41) is 29.0. The fraction of sp³-hybridized carbons (Fsp3) is 0.278. The van der Waals surface area contributed by atoms with E-state index in [1.807, 2.05) is 16.7 Å². The number of aromatic nitrogens is 3. The van der Waals surface area contributed by atoms with Crippen molar-refractivity contribution < 1.29 is 15.0 Å². The van der Waals surface area contributed by atoms with E-state index in [9.17, 15) is 5.11 Å². The highest BCUT2D eigenvalue weighted by Crippen LogP contribution is 2.47. The topological polar surface area (TPSA) is 88.2 Å². The molecule has 26 heavy (non-hydrogen) atoms. The molecule has 6 nitrogen and oxygen atoms in total. The first-order valence-corrected chi connectivity index (χ1v) is 9.96. The van der Waals surface area contributed by atoms with Crippen LogP contribution >= 0.6 is 27.7 Å². The number of thioether (sulfide) groups is 1. The van der Waals surface area contributed by atoms with Crippen LogP contribution in [0.2, 0.25) is 0 Å². The number of phenolic OH excluding ortho intramolecular Hbond substituents is 1. The van der Waals surface area contributed by atoms with E-state index in [0.29, 0.717) is 10.7 Å². The first-order valence-electron chi connectivity index (χ1n) is 8.18. The van der Waals surface area contributed by atoms with Crippen LogP contribution in [0, 0.1) is 0 Å². The summed E-state index contributed by atoms with van der Waals surface area (Å²) in [5.74, 6) is 1.75. The highest BCUT2D eigenvalue weighted by Gasteiger charge is 2.28. The standard InChI is InChI=1S/C17H16BrN3OS.CH2O2/c1-2-23-17-20-19-16(18)21(17)15-12-6-4-3-5-11(12)13(9-14(15)22)10-7-8-10;2-1-3/h3-6,9-10,22H,2,7-8H2,1H3;1H,(H,2,3). The molecule has 1 fully saturated rings. The molecule has 2 N–H and O–H groups in total. The third-order valence-electron chi connectivity index (χ3n) is 4.14. The summed E-state index contributed by atoms with van der Waals surface area (Å²) >= 11 is 5.07. The predicted molar refractivity (Wildman–Crippen MR) is 105 cm³/mol. The number of carbonyl (C=O) groups is 1. The lowest BCUT2D eigenvalue weighted by Gasteiger charge is -2.15. The Morgan fingerprint density at radius 3 is 2.58 bits per heavy atom. The van der Waals surface area contributed by atoms with E-state index in [2.05, 4.69) is 51.3 Å². The third kappa shape index (κ3) is 3.57. The molecule has 0 bridgehead atoms. The second-order valence-electron chi connectivity index (χ2n) is 5.78. The van der Waals surface area contributed by atoms with E-state index in [1.165, 1.54) is 23.8 Å². The predicted octanol–water partition coefficient (Wildman–Crippen LogP) is 4.58. The smallest absolute Gasteiger partial charge is 0.290 e. The Hall–Kier alpha value is -2.06. The van der Waals surface area contributed by atoms with Gasteiger partial charge in [-0.25, -0.2) is 0 Å². The van der Waals surface area contributed by atoms with Crippen LogP contribution in [0.5, 0.6) is 5.75 Å². The molecular formula is C18H18BrN3O3S. The van der Waals surface area contributed by atoms with Crippen LogP contribution in [0.1, 0.15) is 31.2 Å². The maximum Gasteiger partial charge on any atom is 0.290 e. The van der Waals surface area contributed by atoms with Crippen LogP contribution in [-0.4, -0.2) is 37.2 Å². The van der Waals surface area contributed by atoms with Crippen LogP contribution in [0.15, 0.2) is 40.2 Å². The zero-order valence-corrected chi connectivity index (χ0v) is 16.5. The van der Waals surface area contributed by atoms with Crippen LogP contribution in [0.4, 0.5) is 0 Å². The second-order valence-corrected chi connectivity index (χ2v) is 7.72. The summed E-state index contributed by atoms with van der Waals surface area (Å²) in [7, 11) is 0. The maximum absolute atomic E-state index is 10.7. The number of fused-ring (bicyclic) bond motifs is 1. The minimum atomic E-state index is -0.250. The molecule has 4 rings (SSSR count). The van der Waals surface area contributed by atoms with Crippen LogP contribution in [-0.2, 0) is 4.79 Å². The van der Waals surface area contributed by atoms with Crippen molar-refractivity contribution in [1.29, 1.82) is 0 Å². The van der Waals surface area contributed by atoms with Gasteiger partial charge in [0.1, 0.15) is 5.75 Å². The first kappa shape index (κ1) is 18.7. The van der Waals surface area contributed by atoms with Gasteiger partial charge in [-0.15, -0.1) is 10.2 Å². The summed E-state index contributed by atoms with van der Waals surface area (Å²) < 4.78 is 2.50. The molecule has 1 aliphatic carbocycles. The van der Waals surface area contributed by atoms with E-state index >= 15 is 0 Å². The Kier molecular flexibility index (Phi) is 5.83. The van der Waals surface area contributed by atoms with Gasteiger partial charge < -0.3 is 10.2 Å². The molecule has 0 unspecified atom stereocenters. The van der Waals surface area contributed by atoms with Crippen LogP contribution in [0.25, 0.3) is 16.5 Å². The van der Waals surface area contributed by atoms with Crippen LogP contribution in [0.3, 0.4) is 0 Å². The average Bonchev–Trinajstić information content (AvgIpc) is 3.41. The van der Waals surface area contributed by atoms with Gasteiger partial charge in [-0.2, -0.15) is 0 Å². The summed E-state index contributed by atoms with van der Waals surface area (Å²) in [4.78, 5) is 8.36. The summed E-state index contributed by atoms with van der Waals surface area (Å²) in [5.41, 5.74) is 1.99. The molecule has 0 spiro atoms. The van der Waals surface area contributed by atoms with Crippen molar-refractivity contribution in [2.24, 2.45) is 0 Å². The molecule has 136 valence electrons. The number of rotatable bonds is 4. The van der Waals surface area contributed by atoms with E-state index in [1.54, 1.807) is 11.8 Å². The lowest BCUT2D eigenvalue weighted by atomic mass is 9.99. The number of nitrogens with zero attached hydrogens (tertiary/aromatic N) is 3. The molecule has 0 aliphatic heterocycles. The number of aromatic hydroxyl groups is 1. The molecule has 1 aromatic heterocycles. The highest BCUT2D eigenvalue weighted by atomic mass is 79.9. The van der Waals surface area contributed by atoms with Crippen molar-refractivity contribution in [2.45, 2.75) is 30.8 Å². The molecule has 2 aromatic carbocycles. The van der Waals surface area contributed by atoms with Crippen molar-refractivity contribution >= 4 is 44.9 Å². The Morgan fingerprint density at radius 1 is 1.31 bits per heavy atom. The van der Waals surface area contributed by atoms with E-state index in [4.69, 9.17) is 9.90 Å². The van der Waals surface area contributed by atoms with Gasteiger partial charge in [0.05, 0.1) is 5.69 Å². The van der Waals surface area contributed by atoms with Crippen LogP contribution < -0.4 is 0 Å². The summed E-state index contributed by atoms with van der Waals surface area (Å²) in [6.45, 7) is 1.83. The van der Waals surface area contributed by atoms with Crippen molar-refractivity contribution in [3.8, 4) is 11.4 Å². The van der Waals surface area contributed by atoms with Gasteiger partial charge in [-0.05, 0) is 57.5 Å². The quantitative estimate of drug-likeness (QED) is 0.460. The number of benzene rings is 2. The summed E-state index contributed by atoms with van der Waals surface area (Å²) in [6, 6.07) is 10.2. The fourth-order valence-electron chi connectivity index (χ4n) is 3.00. The minimum absolute atomic E-state index is 0.250.